The Kier molecular flexibility index (Phi) is 5.81. The number of carbonyl (C=O) groups is 1. The van der Waals surface area contributed by atoms with E-state index in [0.717, 1.165) is 11.3 Å². The van der Waals surface area contributed by atoms with Gasteiger partial charge in [0.25, 0.3) is 0 Å². The van der Waals surface area contributed by atoms with Crippen molar-refractivity contribution in [3.63, 3.8) is 0 Å². The Balaban J connectivity index is 2.13. The highest BCUT2D eigenvalue weighted by molar-refractivity contribution is 7.89. The Labute approximate surface area is 149 Å². The predicted molar refractivity (Wildman–Crippen MR) is 100 cm³/mol. The van der Waals surface area contributed by atoms with E-state index in [9.17, 15) is 13.2 Å². The van der Waals surface area contributed by atoms with Gasteiger partial charge in [0.1, 0.15) is 0 Å². The number of amides is 1. The van der Waals surface area contributed by atoms with Gasteiger partial charge in [-0.15, -0.1) is 0 Å². The zero-order chi connectivity index (χ0) is 18.6. The molecular formula is C18H23N3O3S. The summed E-state index contributed by atoms with van der Waals surface area (Å²) in [6.45, 7) is 1.68. The smallest absolute Gasteiger partial charge is 0.243 e. The molecule has 1 amide bonds. The molecule has 7 heteroatoms. The first-order chi connectivity index (χ1) is 11.7. The van der Waals surface area contributed by atoms with Crippen molar-refractivity contribution in [2.24, 2.45) is 0 Å². The van der Waals surface area contributed by atoms with Gasteiger partial charge in [-0.3, -0.25) is 4.79 Å². The minimum Gasteiger partial charge on any atom is -0.378 e. The molecule has 0 aromatic heterocycles. The molecule has 0 aliphatic rings. The number of anilines is 2. The summed E-state index contributed by atoms with van der Waals surface area (Å²) in [5.74, 6) is -0.200. The molecule has 1 N–H and O–H groups in total. The molecule has 0 radical (unpaired) electrons. The van der Waals surface area contributed by atoms with Crippen molar-refractivity contribution in [3.8, 4) is 0 Å². The van der Waals surface area contributed by atoms with E-state index in [0.29, 0.717) is 5.69 Å². The molecule has 25 heavy (non-hydrogen) atoms. The first-order valence-electron chi connectivity index (χ1n) is 7.80. The van der Waals surface area contributed by atoms with Crippen LogP contribution in [0.4, 0.5) is 11.4 Å². The number of sulfonamides is 1. The van der Waals surface area contributed by atoms with Gasteiger partial charge in [0.2, 0.25) is 15.9 Å². The maximum atomic E-state index is 12.7. The van der Waals surface area contributed by atoms with Gasteiger partial charge < -0.3 is 10.2 Å². The number of hydrogen-bond donors (Lipinski definition) is 1. The van der Waals surface area contributed by atoms with Crippen molar-refractivity contribution >= 4 is 27.3 Å². The van der Waals surface area contributed by atoms with E-state index >= 15 is 0 Å². The van der Waals surface area contributed by atoms with Gasteiger partial charge in [-0.1, -0.05) is 12.1 Å². The standard InChI is InChI=1S/C18H23N3O3S/c1-14(22)19-16-7-11-18(12-8-16)25(23,24)21(4)13-15-5-9-17(10-6-15)20(2)3/h5-12H,13H2,1-4H3,(H,19,22). The van der Waals surface area contributed by atoms with Crippen molar-refractivity contribution in [1.29, 1.82) is 0 Å². The normalized spacial score (nSPS) is 11.4. The lowest BCUT2D eigenvalue weighted by atomic mass is 10.2. The lowest BCUT2D eigenvalue weighted by molar-refractivity contribution is -0.114. The van der Waals surface area contributed by atoms with Crippen molar-refractivity contribution in [1.82, 2.24) is 4.31 Å². The average Bonchev–Trinajstić information content (AvgIpc) is 2.55. The number of carbonyl (C=O) groups excluding carboxylic acids is 1. The average molecular weight is 361 g/mol. The third-order valence-corrected chi connectivity index (χ3v) is 5.56. The molecule has 0 aliphatic heterocycles. The fraction of sp³-hybridized carbons (Fsp3) is 0.278. The van der Waals surface area contributed by atoms with Crippen LogP contribution in [0, 0.1) is 0 Å². The summed E-state index contributed by atoms with van der Waals surface area (Å²) in [5.41, 5.74) is 2.53. The molecule has 0 saturated carbocycles. The second-order valence-electron chi connectivity index (χ2n) is 6.03. The third-order valence-electron chi connectivity index (χ3n) is 3.74. The summed E-state index contributed by atoms with van der Waals surface area (Å²) in [6.07, 6.45) is 0. The van der Waals surface area contributed by atoms with Crippen LogP contribution in [-0.2, 0) is 21.4 Å². The number of nitrogens with one attached hydrogen (secondary N) is 1. The number of nitrogens with zero attached hydrogens (tertiary/aromatic N) is 2. The van der Waals surface area contributed by atoms with Gasteiger partial charge in [0.05, 0.1) is 4.90 Å². The highest BCUT2D eigenvalue weighted by Crippen LogP contribution is 2.20. The van der Waals surface area contributed by atoms with E-state index in [-0.39, 0.29) is 17.3 Å². The van der Waals surface area contributed by atoms with Crippen LogP contribution in [0.3, 0.4) is 0 Å². The Hall–Kier alpha value is -2.38. The van der Waals surface area contributed by atoms with Crippen LogP contribution in [0.25, 0.3) is 0 Å². The first-order valence-corrected chi connectivity index (χ1v) is 9.24. The van der Waals surface area contributed by atoms with Crippen LogP contribution >= 0.6 is 0 Å². The molecule has 134 valence electrons. The molecule has 0 bridgehead atoms. The highest BCUT2D eigenvalue weighted by atomic mass is 32.2. The Morgan fingerprint density at radius 3 is 2.00 bits per heavy atom. The summed E-state index contributed by atoms with van der Waals surface area (Å²) in [4.78, 5) is 13.2. The Bertz CT molecular complexity index is 829. The second kappa shape index (κ2) is 7.67. The van der Waals surface area contributed by atoms with E-state index < -0.39 is 10.0 Å². The lowest BCUT2D eigenvalue weighted by Crippen LogP contribution is -2.26. The van der Waals surface area contributed by atoms with Crippen molar-refractivity contribution in [2.45, 2.75) is 18.4 Å². The third kappa shape index (κ3) is 4.80. The minimum absolute atomic E-state index is 0.189. The highest BCUT2D eigenvalue weighted by Gasteiger charge is 2.20. The molecule has 0 atom stereocenters. The van der Waals surface area contributed by atoms with E-state index in [1.54, 1.807) is 19.2 Å². The molecule has 0 spiro atoms. The van der Waals surface area contributed by atoms with Crippen LogP contribution < -0.4 is 10.2 Å². The van der Waals surface area contributed by atoms with Crippen LogP contribution in [0.5, 0.6) is 0 Å². The van der Waals surface area contributed by atoms with Crippen LogP contribution in [0.2, 0.25) is 0 Å². The molecule has 0 fully saturated rings. The van der Waals surface area contributed by atoms with E-state index in [4.69, 9.17) is 0 Å². The van der Waals surface area contributed by atoms with E-state index in [1.807, 2.05) is 43.3 Å². The summed E-state index contributed by atoms with van der Waals surface area (Å²) in [7, 11) is 1.86. The van der Waals surface area contributed by atoms with E-state index in [1.165, 1.54) is 23.4 Å². The molecule has 0 heterocycles. The maximum Gasteiger partial charge on any atom is 0.243 e. The SMILES string of the molecule is CC(=O)Nc1ccc(S(=O)(=O)N(C)Cc2ccc(N(C)C)cc2)cc1. The fourth-order valence-corrected chi connectivity index (χ4v) is 3.49. The quantitative estimate of drug-likeness (QED) is 0.858. The van der Waals surface area contributed by atoms with Gasteiger partial charge in [-0.05, 0) is 42.0 Å². The van der Waals surface area contributed by atoms with Gasteiger partial charge in [0, 0.05) is 46.0 Å². The van der Waals surface area contributed by atoms with E-state index in [2.05, 4.69) is 5.32 Å². The summed E-state index contributed by atoms with van der Waals surface area (Å²) in [5, 5.41) is 2.62. The molecule has 2 aromatic carbocycles. The molecular weight excluding hydrogens is 338 g/mol. The summed E-state index contributed by atoms with van der Waals surface area (Å²) >= 11 is 0. The van der Waals surface area contributed by atoms with Crippen molar-refractivity contribution in [2.75, 3.05) is 31.4 Å². The number of rotatable bonds is 6. The second-order valence-corrected chi connectivity index (χ2v) is 8.07. The van der Waals surface area contributed by atoms with Gasteiger partial charge in [-0.25, -0.2) is 8.42 Å². The number of benzene rings is 2. The molecule has 0 saturated heterocycles. The molecule has 6 nitrogen and oxygen atoms in total. The molecule has 2 rings (SSSR count). The Morgan fingerprint density at radius 2 is 1.52 bits per heavy atom. The zero-order valence-electron chi connectivity index (χ0n) is 14.9. The monoisotopic (exact) mass is 361 g/mol. The molecule has 0 unspecified atom stereocenters. The molecule has 2 aromatic rings. The largest absolute Gasteiger partial charge is 0.378 e. The fourth-order valence-electron chi connectivity index (χ4n) is 2.34. The topological polar surface area (TPSA) is 69.7 Å². The summed E-state index contributed by atoms with van der Waals surface area (Å²) < 4.78 is 26.7. The minimum atomic E-state index is -3.60. The maximum absolute atomic E-state index is 12.7. The van der Waals surface area contributed by atoms with Crippen molar-refractivity contribution < 1.29 is 13.2 Å². The van der Waals surface area contributed by atoms with Gasteiger partial charge in [-0.2, -0.15) is 4.31 Å². The first kappa shape index (κ1) is 19.0. The summed E-state index contributed by atoms with van der Waals surface area (Å²) in [6, 6.07) is 13.9. The zero-order valence-corrected chi connectivity index (χ0v) is 15.7. The van der Waals surface area contributed by atoms with Crippen LogP contribution in [0.15, 0.2) is 53.4 Å². The predicted octanol–water partition coefficient (Wildman–Crippen LogP) is 2.53. The molecule has 0 aliphatic carbocycles. The van der Waals surface area contributed by atoms with Gasteiger partial charge >= 0.3 is 0 Å². The van der Waals surface area contributed by atoms with Crippen molar-refractivity contribution in [3.05, 3.63) is 54.1 Å². The lowest BCUT2D eigenvalue weighted by Gasteiger charge is -2.18. The van der Waals surface area contributed by atoms with Crippen LogP contribution in [0.1, 0.15) is 12.5 Å². The van der Waals surface area contributed by atoms with Crippen LogP contribution in [-0.4, -0.2) is 39.8 Å². The van der Waals surface area contributed by atoms with Gasteiger partial charge in [0.15, 0.2) is 0 Å². The Morgan fingerprint density at radius 1 is 0.960 bits per heavy atom. The number of hydrogen-bond acceptors (Lipinski definition) is 4.